The molecular formula is C6N6Pt-2. The number of hydrogen-bond acceptors (Lipinski definition) is 6. The summed E-state index contributed by atoms with van der Waals surface area (Å²) in [5.41, 5.74) is 0. The normalized spacial score (nSPS) is 0.923. The topological polar surface area (TPSA) is 143 Å². The largest absolute Gasteiger partial charge is 4.00 e. The number of nitrogens with zero attached hydrogens (tertiary/aromatic N) is 6. The van der Waals surface area contributed by atoms with Gasteiger partial charge in [0.2, 0.25) is 0 Å². The van der Waals surface area contributed by atoms with Crippen molar-refractivity contribution in [2.75, 3.05) is 0 Å². The Morgan fingerprint density at radius 1 is 0.308 bits per heavy atom. The predicted molar refractivity (Wildman–Crippen MR) is 29.8 cm³/mol. The van der Waals surface area contributed by atoms with E-state index in [4.69, 9.17) is 71.0 Å². The maximum atomic E-state index is 6.25. The number of rotatable bonds is 0. The molecule has 0 aromatic carbocycles. The summed E-state index contributed by atoms with van der Waals surface area (Å²) in [4.78, 5) is 0. The van der Waals surface area contributed by atoms with Crippen LogP contribution in [-0.4, -0.2) is 0 Å². The van der Waals surface area contributed by atoms with E-state index in [0.717, 1.165) is 0 Å². The summed E-state index contributed by atoms with van der Waals surface area (Å²) in [6.07, 6.45) is 0. The van der Waals surface area contributed by atoms with Crippen LogP contribution < -0.4 is 0 Å². The Kier molecular flexibility index (Phi) is 734. The van der Waals surface area contributed by atoms with E-state index in [1.54, 1.807) is 0 Å². The van der Waals surface area contributed by atoms with Gasteiger partial charge in [0.1, 0.15) is 0 Å². The molecule has 0 bridgehead atoms. The molecule has 0 aromatic heterocycles. The van der Waals surface area contributed by atoms with Gasteiger partial charge in [-0.05, 0) is 0 Å². The Morgan fingerprint density at radius 3 is 0.308 bits per heavy atom. The smallest absolute Gasteiger partial charge is 0.512 e. The van der Waals surface area contributed by atoms with Crippen molar-refractivity contribution < 1.29 is 21.1 Å². The zero-order valence-corrected chi connectivity index (χ0v) is 8.27. The van der Waals surface area contributed by atoms with Crippen LogP contribution >= 0.6 is 0 Å². The molecule has 0 aliphatic heterocycles. The molecule has 0 aromatic rings. The average molecular weight is 351 g/mol. The molecular weight excluding hydrogens is 351 g/mol. The Morgan fingerprint density at radius 2 is 0.308 bits per heavy atom. The van der Waals surface area contributed by atoms with Gasteiger partial charge < -0.3 is 71.0 Å². The second-order valence-corrected chi connectivity index (χ2v) is 0. The summed E-state index contributed by atoms with van der Waals surface area (Å²) >= 11 is 0. The zero-order chi connectivity index (χ0) is 12.0. The first-order valence-corrected chi connectivity index (χ1v) is 1.34. The van der Waals surface area contributed by atoms with Gasteiger partial charge in [0.05, 0.1) is 0 Å². The SMILES string of the molecule is [C-]#N.[C-]#N.[C-]#N.[C-]#N.[C-]#N.[C-]#N.[Pt+4]. The second kappa shape index (κ2) is 127. The van der Waals surface area contributed by atoms with Crippen molar-refractivity contribution in [2.45, 2.75) is 0 Å². The summed E-state index contributed by atoms with van der Waals surface area (Å²) in [5, 5.41) is 37.5. The third kappa shape index (κ3) is 99.6. The Labute approximate surface area is 92.3 Å². The van der Waals surface area contributed by atoms with Crippen LogP contribution in [0.2, 0.25) is 0 Å². The van der Waals surface area contributed by atoms with Crippen LogP contribution in [0.4, 0.5) is 0 Å². The van der Waals surface area contributed by atoms with E-state index >= 15 is 0 Å². The van der Waals surface area contributed by atoms with Crippen molar-refractivity contribution in [1.82, 2.24) is 0 Å². The molecule has 0 N–H and O–H groups in total. The fourth-order valence-corrected chi connectivity index (χ4v) is 0. The van der Waals surface area contributed by atoms with Crippen LogP contribution in [0.3, 0.4) is 0 Å². The fraction of sp³-hybridized carbons (Fsp3) is 0. The fourth-order valence-electron chi connectivity index (χ4n) is 0. The van der Waals surface area contributed by atoms with E-state index in [0.29, 0.717) is 0 Å². The van der Waals surface area contributed by atoms with E-state index in [2.05, 4.69) is 0 Å². The molecule has 6 nitrogen and oxygen atoms in total. The zero-order valence-electron chi connectivity index (χ0n) is 6.00. The van der Waals surface area contributed by atoms with Crippen LogP contribution in [0.25, 0.3) is 0 Å². The minimum absolute atomic E-state index is 0. The van der Waals surface area contributed by atoms with Crippen molar-refractivity contribution in [2.24, 2.45) is 0 Å². The Hall–Kier alpha value is -2.37. The molecule has 0 amide bonds. The van der Waals surface area contributed by atoms with Gasteiger partial charge in [-0.3, -0.25) is 0 Å². The maximum Gasteiger partial charge on any atom is 4.00 e. The van der Waals surface area contributed by atoms with E-state index in [1.807, 2.05) is 0 Å². The van der Waals surface area contributed by atoms with Gasteiger partial charge in [-0.15, -0.1) is 0 Å². The van der Waals surface area contributed by atoms with Crippen LogP contribution in [0.1, 0.15) is 0 Å². The van der Waals surface area contributed by atoms with Gasteiger partial charge in [0.15, 0.2) is 0 Å². The van der Waals surface area contributed by atoms with Crippen molar-refractivity contribution >= 4 is 0 Å². The molecule has 0 saturated heterocycles. The molecule has 0 aliphatic carbocycles. The van der Waals surface area contributed by atoms with Crippen molar-refractivity contribution in [3.05, 3.63) is 39.4 Å². The summed E-state index contributed by atoms with van der Waals surface area (Å²) in [6.45, 7) is 28.5. The third-order valence-electron chi connectivity index (χ3n) is 0. The first-order valence-electron chi connectivity index (χ1n) is 1.34. The van der Waals surface area contributed by atoms with E-state index in [-0.39, 0.29) is 21.1 Å². The van der Waals surface area contributed by atoms with E-state index in [9.17, 15) is 0 Å². The molecule has 0 fully saturated rings. The van der Waals surface area contributed by atoms with Gasteiger partial charge in [-0.25, -0.2) is 0 Å². The van der Waals surface area contributed by atoms with Crippen LogP contribution in [0, 0.1) is 71.0 Å². The summed E-state index contributed by atoms with van der Waals surface area (Å²) in [7, 11) is 0. The molecule has 0 unspecified atom stereocenters. The predicted octanol–water partition coefficient (Wildman–Crippen LogP) is 0.576. The minimum Gasteiger partial charge on any atom is -0.512 e. The molecule has 66 valence electrons. The van der Waals surface area contributed by atoms with E-state index < -0.39 is 0 Å². The molecule has 0 rings (SSSR count). The summed E-state index contributed by atoms with van der Waals surface area (Å²) < 4.78 is 0. The maximum absolute atomic E-state index is 6.25. The summed E-state index contributed by atoms with van der Waals surface area (Å²) in [6, 6.07) is 0. The quantitative estimate of drug-likeness (QED) is 0.584. The van der Waals surface area contributed by atoms with Gasteiger partial charge >= 0.3 is 21.1 Å². The van der Waals surface area contributed by atoms with Crippen molar-refractivity contribution in [3.8, 4) is 0 Å². The first kappa shape index (κ1) is 74.8. The van der Waals surface area contributed by atoms with Gasteiger partial charge in [-0.2, -0.15) is 0 Å². The molecule has 0 spiro atoms. The molecule has 13 heavy (non-hydrogen) atoms. The van der Waals surface area contributed by atoms with Gasteiger partial charge in [0.25, 0.3) is 0 Å². The van der Waals surface area contributed by atoms with E-state index in [1.165, 1.54) is 0 Å². The molecule has 0 radical (unpaired) electrons. The standard InChI is InChI=1S/6CN.Pt/c6*1-2;/q6*-1;+4. The third-order valence-corrected chi connectivity index (χ3v) is 0. The van der Waals surface area contributed by atoms with Crippen LogP contribution in [0.5, 0.6) is 0 Å². The van der Waals surface area contributed by atoms with Gasteiger partial charge in [-0.1, -0.05) is 0 Å². The van der Waals surface area contributed by atoms with Crippen molar-refractivity contribution in [1.29, 1.82) is 31.6 Å². The van der Waals surface area contributed by atoms with Crippen LogP contribution in [-0.2, 0) is 21.1 Å². The molecule has 0 saturated carbocycles. The Bertz CT molecular complexity index is 92.1. The second-order valence-electron chi connectivity index (χ2n) is 0. The molecule has 0 atom stereocenters. The monoisotopic (exact) mass is 351 g/mol. The van der Waals surface area contributed by atoms with Crippen LogP contribution in [0.15, 0.2) is 0 Å². The van der Waals surface area contributed by atoms with Crippen molar-refractivity contribution in [3.63, 3.8) is 0 Å². The minimum atomic E-state index is 0. The molecule has 0 aliphatic rings. The van der Waals surface area contributed by atoms with Gasteiger partial charge in [0, 0.05) is 0 Å². The first-order chi connectivity index (χ1) is 6.00. The molecule has 0 heterocycles. The molecule has 7 heteroatoms. The average Bonchev–Trinajstić information content (AvgIpc) is 2.33. The number of hydrogen-bond donors (Lipinski definition) is 0. The summed E-state index contributed by atoms with van der Waals surface area (Å²) in [5.74, 6) is 0. The Balaban J connectivity index is -0.00000000655.